The average Bonchev–Trinajstić information content (AvgIpc) is 2.42. The van der Waals surface area contributed by atoms with Gasteiger partial charge in [-0.15, -0.1) is 0 Å². The van der Waals surface area contributed by atoms with E-state index in [1.54, 1.807) is 19.2 Å². The Kier molecular flexibility index (Phi) is 4.52. The van der Waals surface area contributed by atoms with Gasteiger partial charge in [0.15, 0.2) is 5.82 Å². The molecule has 0 radical (unpaired) electrons. The molecule has 0 saturated carbocycles. The number of nitrogens with zero attached hydrogens (tertiary/aromatic N) is 2. The van der Waals surface area contributed by atoms with Gasteiger partial charge in [0, 0.05) is 12.6 Å². The van der Waals surface area contributed by atoms with Crippen LogP contribution in [0.2, 0.25) is 0 Å². The molecule has 1 N–H and O–H groups in total. The van der Waals surface area contributed by atoms with Crippen molar-refractivity contribution in [2.75, 3.05) is 12.4 Å². The topological polar surface area (TPSA) is 37.8 Å². The number of nitrogens with one attached hydrogen (secondary N) is 1. The van der Waals surface area contributed by atoms with Gasteiger partial charge in [0.2, 0.25) is 0 Å². The number of anilines is 1. The molecule has 2 aromatic rings. The number of halogens is 3. The van der Waals surface area contributed by atoms with Crippen molar-refractivity contribution < 1.29 is 4.39 Å². The smallest absolute Gasteiger partial charge is 0.161 e. The molecule has 0 aliphatic heterocycles. The summed E-state index contributed by atoms with van der Waals surface area (Å²) in [4.78, 5) is 8.85. The predicted octanol–water partition coefficient (Wildman–Crippen LogP) is 4.41. The Bertz CT molecular complexity index is 592. The lowest BCUT2D eigenvalue weighted by atomic mass is 10.2. The van der Waals surface area contributed by atoms with Gasteiger partial charge in [0.05, 0.1) is 14.6 Å². The number of benzene rings is 1. The van der Waals surface area contributed by atoms with Crippen LogP contribution in [0.25, 0.3) is 11.4 Å². The number of hydrogen-bond acceptors (Lipinski definition) is 3. The Morgan fingerprint density at radius 3 is 2.58 bits per heavy atom. The summed E-state index contributed by atoms with van der Waals surface area (Å²) >= 11 is 6.60. The first-order valence-corrected chi connectivity index (χ1v) is 7.35. The van der Waals surface area contributed by atoms with Crippen molar-refractivity contribution in [3.8, 4) is 11.4 Å². The second kappa shape index (κ2) is 5.96. The van der Waals surface area contributed by atoms with Crippen LogP contribution in [0.4, 0.5) is 10.2 Å². The quantitative estimate of drug-likeness (QED) is 0.846. The zero-order chi connectivity index (χ0) is 14.0. The van der Waals surface area contributed by atoms with Crippen molar-refractivity contribution in [2.24, 2.45) is 0 Å². The van der Waals surface area contributed by atoms with Gasteiger partial charge < -0.3 is 5.32 Å². The van der Waals surface area contributed by atoms with E-state index in [4.69, 9.17) is 0 Å². The van der Waals surface area contributed by atoms with Crippen LogP contribution in [0.1, 0.15) is 12.6 Å². The molecule has 1 aromatic heterocycles. The molecule has 0 atom stereocenters. The summed E-state index contributed by atoms with van der Waals surface area (Å²) in [5, 5.41) is 3.01. The highest BCUT2D eigenvalue weighted by atomic mass is 79.9. The van der Waals surface area contributed by atoms with Crippen LogP contribution >= 0.6 is 31.9 Å². The van der Waals surface area contributed by atoms with E-state index < -0.39 is 0 Å². The molecule has 0 bridgehead atoms. The number of aryl methyl sites for hydroxylation is 1. The van der Waals surface area contributed by atoms with Gasteiger partial charge in [-0.05, 0) is 56.5 Å². The molecule has 0 aliphatic carbocycles. The minimum atomic E-state index is -0.326. The lowest BCUT2D eigenvalue weighted by Gasteiger charge is -2.10. The highest BCUT2D eigenvalue weighted by Gasteiger charge is 2.12. The van der Waals surface area contributed by atoms with Gasteiger partial charge in [-0.1, -0.05) is 6.92 Å². The van der Waals surface area contributed by atoms with Crippen LogP contribution in [0, 0.1) is 5.82 Å². The van der Waals surface area contributed by atoms with Crippen molar-refractivity contribution in [3.63, 3.8) is 0 Å². The first-order valence-electron chi connectivity index (χ1n) is 5.76. The van der Waals surface area contributed by atoms with Crippen LogP contribution in [-0.2, 0) is 6.42 Å². The fraction of sp³-hybridized carbons (Fsp3) is 0.231. The van der Waals surface area contributed by atoms with Crippen LogP contribution in [0.5, 0.6) is 0 Å². The van der Waals surface area contributed by atoms with Crippen molar-refractivity contribution in [2.45, 2.75) is 13.3 Å². The summed E-state index contributed by atoms with van der Waals surface area (Å²) in [5.41, 5.74) is 1.54. The zero-order valence-electron chi connectivity index (χ0n) is 10.5. The second-order valence-electron chi connectivity index (χ2n) is 3.89. The van der Waals surface area contributed by atoms with Crippen molar-refractivity contribution in [1.29, 1.82) is 0 Å². The Labute approximate surface area is 127 Å². The Hall–Kier alpha value is -1.01. The van der Waals surface area contributed by atoms with Gasteiger partial charge in [-0.3, -0.25) is 0 Å². The summed E-state index contributed by atoms with van der Waals surface area (Å²) in [5.74, 6) is 0.883. The summed E-state index contributed by atoms with van der Waals surface area (Å²) in [7, 11) is 1.79. The van der Waals surface area contributed by atoms with Crippen molar-refractivity contribution in [3.05, 3.63) is 38.7 Å². The lowest BCUT2D eigenvalue weighted by molar-refractivity contribution is 0.621. The molecule has 19 heavy (non-hydrogen) atoms. The predicted molar refractivity (Wildman–Crippen MR) is 81.8 cm³/mol. The highest BCUT2D eigenvalue weighted by molar-refractivity contribution is 9.11. The monoisotopic (exact) mass is 387 g/mol. The third-order valence-corrected chi connectivity index (χ3v) is 4.15. The lowest BCUT2D eigenvalue weighted by Crippen LogP contribution is -2.02. The van der Waals surface area contributed by atoms with Gasteiger partial charge in [0.1, 0.15) is 11.6 Å². The van der Waals surface area contributed by atoms with Crippen molar-refractivity contribution in [1.82, 2.24) is 9.97 Å². The summed E-state index contributed by atoms with van der Waals surface area (Å²) < 4.78 is 14.9. The largest absolute Gasteiger partial charge is 0.372 e. The molecular formula is C13H12Br2FN3. The summed E-state index contributed by atoms with van der Waals surface area (Å²) in [6, 6.07) is 4.86. The molecule has 2 rings (SSSR count). The van der Waals surface area contributed by atoms with Crippen LogP contribution in [-0.4, -0.2) is 17.0 Å². The molecule has 100 valence electrons. The maximum Gasteiger partial charge on any atom is 0.161 e. The number of rotatable bonds is 3. The van der Waals surface area contributed by atoms with E-state index in [-0.39, 0.29) is 5.82 Å². The summed E-state index contributed by atoms with van der Waals surface area (Å²) in [6.07, 6.45) is 0.768. The van der Waals surface area contributed by atoms with Crippen LogP contribution in [0.15, 0.2) is 27.1 Å². The molecule has 6 heteroatoms. The molecule has 3 nitrogen and oxygen atoms in total. The van der Waals surface area contributed by atoms with Gasteiger partial charge in [-0.2, -0.15) is 0 Å². The SMILES string of the molecule is CCc1nc(-c2ccc(Br)c(F)c2)nc(NC)c1Br. The van der Waals surface area contributed by atoms with Gasteiger partial charge in [0.25, 0.3) is 0 Å². The van der Waals surface area contributed by atoms with Gasteiger partial charge in [-0.25, -0.2) is 14.4 Å². The minimum Gasteiger partial charge on any atom is -0.372 e. The van der Waals surface area contributed by atoms with Gasteiger partial charge >= 0.3 is 0 Å². The van der Waals surface area contributed by atoms with E-state index in [2.05, 4.69) is 47.1 Å². The molecule has 0 aliphatic rings. The fourth-order valence-corrected chi connectivity index (χ4v) is 2.56. The molecule has 0 saturated heterocycles. The van der Waals surface area contributed by atoms with Crippen LogP contribution in [0.3, 0.4) is 0 Å². The first-order chi connectivity index (χ1) is 9.06. The Morgan fingerprint density at radius 2 is 2.00 bits per heavy atom. The Balaban J connectivity index is 2.58. The zero-order valence-corrected chi connectivity index (χ0v) is 13.6. The third-order valence-electron chi connectivity index (χ3n) is 2.67. The molecule has 0 spiro atoms. The maximum absolute atomic E-state index is 13.6. The molecule has 1 heterocycles. The first kappa shape index (κ1) is 14.4. The van der Waals surface area contributed by atoms with E-state index >= 15 is 0 Å². The average molecular weight is 389 g/mol. The minimum absolute atomic E-state index is 0.326. The molecular weight excluding hydrogens is 377 g/mol. The number of aromatic nitrogens is 2. The maximum atomic E-state index is 13.6. The van der Waals surface area contributed by atoms with E-state index in [9.17, 15) is 4.39 Å². The third kappa shape index (κ3) is 2.95. The molecule has 1 aromatic carbocycles. The van der Waals surface area contributed by atoms with E-state index in [0.29, 0.717) is 21.7 Å². The second-order valence-corrected chi connectivity index (χ2v) is 5.54. The summed E-state index contributed by atoms with van der Waals surface area (Å²) in [6.45, 7) is 2.01. The fourth-order valence-electron chi connectivity index (χ4n) is 1.66. The van der Waals surface area contributed by atoms with Crippen molar-refractivity contribution >= 4 is 37.7 Å². The number of hydrogen-bond donors (Lipinski definition) is 1. The molecule has 0 fully saturated rings. The van der Waals surface area contributed by atoms with Crippen LogP contribution < -0.4 is 5.32 Å². The van der Waals surface area contributed by atoms with E-state index in [1.165, 1.54) is 6.07 Å². The normalized spacial score (nSPS) is 10.6. The highest BCUT2D eigenvalue weighted by Crippen LogP contribution is 2.28. The van der Waals surface area contributed by atoms with E-state index in [1.807, 2.05) is 6.92 Å². The molecule has 0 amide bonds. The standard InChI is InChI=1S/C13H12Br2FN3/c1-3-10-11(15)13(17-2)19-12(18-10)7-4-5-8(14)9(16)6-7/h4-6H,3H2,1-2H3,(H,17,18,19). The van der Waals surface area contributed by atoms with E-state index in [0.717, 1.165) is 16.6 Å². The Morgan fingerprint density at radius 1 is 1.26 bits per heavy atom. The molecule has 0 unspecified atom stereocenters.